The molecular weight excluding hydrogens is 400 g/mol. The summed E-state index contributed by atoms with van der Waals surface area (Å²) in [7, 11) is 0. The Labute approximate surface area is 172 Å². The van der Waals surface area contributed by atoms with Gasteiger partial charge in [0.25, 0.3) is 11.1 Å². The van der Waals surface area contributed by atoms with Crippen LogP contribution < -0.4 is 0 Å². The Bertz CT molecular complexity index is 979. The second kappa shape index (κ2) is 8.24. The molecule has 0 N–H and O–H groups in total. The highest BCUT2D eigenvalue weighted by Gasteiger charge is 2.36. The Hall–Kier alpha value is -2.51. The monoisotopic (exact) mass is 418 g/mol. The van der Waals surface area contributed by atoms with E-state index in [4.69, 9.17) is 16.3 Å². The summed E-state index contributed by atoms with van der Waals surface area (Å²) in [6.45, 7) is 5.39. The number of halogens is 1. The number of hydrogen-bond acceptors (Lipinski definition) is 5. The lowest BCUT2D eigenvalue weighted by Gasteiger charge is -2.11. The molecule has 6 nitrogen and oxygen atoms in total. The van der Waals surface area contributed by atoms with Gasteiger partial charge >= 0.3 is 5.97 Å². The van der Waals surface area contributed by atoms with Crippen molar-refractivity contribution in [3.63, 3.8) is 0 Å². The molecule has 2 heterocycles. The number of carbonyl (C=O) groups is 3. The molecule has 1 aliphatic heterocycles. The first-order chi connectivity index (χ1) is 13.3. The van der Waals surface area contributed by atoms with E-state index < -0.39 is 17.1 Å². The molecule has 146 valence electrons. The number of nitrogens with zero attached hydrogens (tertiary/aromatic N) is 2. The highest BCUT2D eigenvalue weighted by Crippen LogP contribution is 2.33. The molecule has 1 aromatic carbocycles. The average molecular weight is 419 g/mol. The van der Waals surface area contributed by atoms with Crippen LogP contribution in [0.1, 0.15) is 23.9 Å². The fraction of sp³-hybridized carbons (Fsp3) is 0.250. The number of thioether (sulfide) groups is 1. The number of amides is 2. The highest BCUT2D eigenvalue weighted by molar-refractivity contribution is 8.18. The van der Waals surface area contributed by atoms with Crippen LogP contribution in [0.2, 0.25) is 5.02 Å². The van der Waals surface area contributed by atoms with Crippen LogP contribution in [-0.2, 0) is 14.3 Å². The third-order valence-corrected chi connectivity index (χ3v) is 5.47. The molecule has 2 amide bonds. The first-order valence-electron chi connectivity index (χ1n) is 8.67. The van der Waals surface area contributed by atoms with E-state index in [1.54, 1.807) is 13.0 Å². The van der Waals surface area contributed by atoms with E-state index in [9.17, 15) is 14.4 Å². The minimum atomic E-state index is -0.605. The van der Waals surface area contributed by atoms with Gasteiger partial charge in [0.2, 0.25) is 0 Å². The van der Waals surface area contributed by atoms with Crippen molar-refractivity contribution in [3.05, 3.63) is 57.2 Å². The van der Waals surface area contributed by atoms with Gasteiger partial charge in [0.05, 0.1) is 11.5 Å². The number of aryl methyl sites for hydroxylation is 1. The Morgan fingerprint density at radius 1 is 1.21 bits per heavy atom. The van der Waals surface area contributed by atoms with Crippen molar-refractivity contribution < 1.29 is 19.1 Å². The van der Waals surface area contributed by atoms with E-state index in [0.29, 0.717) is 5.02 Å². The zero-order valence-corrected chi connectivity index (χ0v) is 17.3. The zero-order chi connectivity index (χ0) is 20.4. The van der Waals surface area contributed by atoms with Gasteiger partial charge < -0.3 is 9.30 Å². The third-order valence-electron chi connectivity index (χ3n) is 4.31. The Morgan fingerprint density at radius 3 is 2.54 bits per heavy atom. The maximum atomic E-state index is 12.6. The van der Waals surface area contributed by atoms with Crippen molar-refractivity contribution in [2.45, 2.75) is 20.8 Å². The van der Waals surface area contributed by atoms with Crippen molar-refractivity contribution >= 4 is 46.6 Å². The molecule has 1 aromatic heterocycles. The number of rotatable bonds is 5. The number of esters is 1. The van der Waals surface area contributed by atoms with Gasteiger partial charge in [0.1, 0.15) is 6.54 Å². The molecule has 0 radical (unpaired) electrons. The summed E-state index contributed by atoms with van der Waals surface area (Å²) >= 11 is 6.79. The van der Waals surface area contributed by atoms with Crippen molar-refractivity contribution in [1.82, 2.24) is 9.47 Å². The molecular formula is C20H19ClN2O4S. The number of hydrogen-bond donors (Lipinski definition) is 0. The summed E-state index contributed by atoms with van der Waals surface area (Å²) in [5.74, 6) is -1.09. The molecule has 0 saturated carbocycles. The maximum Gasteiger partial charge on any atom is 0.326 e. The first kappa shape index (κ1) is 20.2. The maximum absolute atomic E-state index is 12.6. The number of benzene rings is 1. The molecule has 0 atom stereocenters. The quantitative estimate of drug-likeness (QED) is 0.533. The normalized spacial score (nSPS) is 15.6. The van der Waals surface area contributed by atoms with E-state index in [1.807, 2.05) is 48.7 Å². The molecule has 1 fully saturated rings. The lowest BCUT2D eigenvalue weighted by Crippen LogP contribution is -2.34. The number of ether oxygens (including phenoxy) is 1. The summed E-state index contributed by atoms with van der Waals surface area (Å²) in [5, 5.41) is 0.178. The smallest absolute Gasteiger partial charge is 0.326 e. The Kier molecular flexibility index (Phi) is 5.96. The Balaban J connectivity index is 1.89. The summed E-state index contributed by atoms with van der Waals surface area (Å²) < 4.78 is 6.87. The van der Waals surface area contributed by atoms with Crippen LogP contribution >= 0.6 is 23.4 Å². The predicted octanol–water partition coefficient (Wildman–Crippen LogP) is 4.35. The zero-order valence-electron chi connectivity index (χ0n) is 15.7. The van der Waals surface area contributed by atoms with Gasteiger partial charge in [-0.3, -0.25) is 19.3 Å². The molecule has 1 aliphatic rings. The number of aromatic nitrogens is 1. The minimum Gasteiger partial charge on any atom is -0.465 e. The van der Waals surface area contributed by atoms with Crippen molar-refractivity contribution in [2.24, 2.45) is 0 Å². The van der Waals surface area contributed by atoms with E-state index in [-0.39, 0.29) is 18.1 Å². The van der Waals surface area contributed by atoms with Crippen molar-refractivity contribution in [1.29, 1.82) is 0 Å². The SMILES string of the molecule is CCOC(=O)CN1C(=O)S/C(=C\c2cc(C)n(-c3ccc(Cl)cc3)c2C)C1=O. The minimum absolute atomic E-state index is 0.196. The van der Waals surface area contributed by atoms with Gasteiger partial charge in [-0.15, -0.1) is 0 Å². The number of carbonyl (C=O) groups excluding carboxylic acids is 3. The standard InChI is InChI=1S/C20H19ClN2O4S/c1-4-27-18(24)11-22-19(25)17(28-20(22)26)10-14-9-12(2)23(13(14)3)16-7-5-15(21)6-8-16/h5-10H,4,11H2,1-3H3/b17-10-. The topological polar surface area (TPSA) is 68.6 Å². The molecule has 0 unspecified atom stereocenters. The molecule has 0 bridgehead atoms. The van der Waals surface area contributed by atoms with Crippen LogP contribution in [-0.4, -0.2) is 39.7 Å². The highest BCUT2D eigenvalue weighted by atomic mass is 35.5. The van der Waals surface area contributed by atoms with Crippen molar-refractivity contribution in [3.8, 4) is 5.69 Å². The molecule has 1 saturated heterocycles. The summed E-state index contributed by atoms with van der Waals surface area (Å²) in [6, 6.07) is 9.41. The van der Waals surface area contributed by atoms with Crippen LogP contribution in [0.4, 0.5) is 4.79 Å². The molecule has 8 heteroatoms. The summed E-state index contributed by atoms with van der Waals surface area (Å²) in [5.41, 5.74) is 3.69. The summed E-state index contributed by atoms with van der Waals surface area (Å²) in [6.07, 6.45) is 1.69. The lowest BCUT2D eigenvalue weighted by atomic mass is 10.2. The van der Waals surface area contributed by atoms with Crippen LogP contribution in [0.15, 0.2) is 35.2 Å². The van der Waals surface area contributed by atoms with E-state index >= 15 is 0 Å². The summed E-state index contributed by atoms with van der Waals surface area (Å²) in [4.78, 5) is 37.5. The van der Waals surface area contributed by atoms with E-state index in [0.717, 1.165) is 39.3 Å². The van der Waals surface area contributed by atoms with Gasteiger partial charge in [0.15, 0.2) is 0 Å². The molecule has 0 spiro atoms. The second-order valence-electron chi connectivity index (χ2n) is 6.21. The fourth-order valence-electron chi connectivity index (χ4n) is 3.03. The van der Waals surface area contributed by atoms with Crippen LogP contribution in [0, 0.1) is 13.8 Å². The molecule has 0 aliphatic carbocycles. The second-order valence-corrected chi connectivity index (χ2v) is 7.64. The predicted molar refractivity (Wildman–Crippen MR) is 110 cm³/mol. The third kappa shape index (κ3) is 4.00. The van der Waals surface area contributed by atoms with Gasteiger partial charge in [-0.2, -0.15) is 0 Å². The van der Waals surface area contributed by atoms with Gasteiger partial charge in [0, 0.05) is 22.1 Å². The average Bonchev–Trinajstić information content (AvgIpc) is 3.06. The number of imide groups is 1. The lowest BCUT2D eigenvalue weighted by molar-refractivity contribution is -0.145. The fourth-order valence-corrected chi connectivity index (χ4v) is 3.99. The van der Waals surface area contributed by atoms with Crippen LogP contribution in [0.25, 0.3) is 11.8 Å². The largest absolute Gasteiger partial charge is 0.465 e. The van der Waals surface area contributed by atoms with Gasteiger partial charge in [-0.25, -0.2) is 0 Å². The van der Waals surface area contributed by atoms with Crippen LogP contribution in [0.5, 0.6) is 0 Å². The van der Waals surface area contributed by atoms with E-state index in [2.05, 4.69) is 0 Å². The van der Waals surface area contributed by atoms with E-state index in [1.165, 1.54) is 0 Å². The van der Waals surface area contributed by atoms with Gasteiger partial charge in [-0.1, -0.05) is 11.6 Å². The van der Waals surface area contributed by atoms with Crippen LogP contribution in [0.3, 0.4) is 0 Å². The Morgan fingerprint density at radius 2 is 1.89 bits per heavy atom. The van der Waals surface area contributed by atoms with Crippen molar-refractivity contribution in [2.75, 3.05) is 13.2 Å². The molecule has 3 rings (SSSR count). The molecule has 28 heavy (non-hydrogen) atoms. The molecule has 2 aromatic rings. The van der Waals surface area contributed by atoms with Gasteiger partial charge in [-0.05, 0) is 74.5 Å². The first-order valence-corrected chi connectivity index (χ1v) is 9.87.